The summed E-state index contributed by atoms with van der Waals surface area (Å²) in [6.07, 6.45) is -2.54. The van der Waals surface area contributed by atoms with Crippen LogP contribution in [-0.2, 0) is 11.0 Å². The number of carbonyl (C=O) groups is 2. The van der Waals surface area contributed by atoms with E-state index in [1.807, 2.05) is 0 Å². The van der Waals surface area contributed by atoms with Crippen molar-refractivity contribution < 1.29 is 22.8 Å². The Bertz CT molecular complexity index is 549. The molecule has 0 unspecified atom stereocenters. The van der Waals surface area contributed by atoms with Gasteiger partial charge in [0.05, 0.1) is 5.56 Å². The molecule has 22 heavy (non-hydrogen) atoms. The molecule has 7 heteroatoms. The van der Waals surface area contributed by atoms with Crippen molar-refractivity contribution in [3.8, 4) is 0 Å². The minimum absolute atomic E-state index is 0.0917. The van der Waals surface area contributed by atoms with Crippen LogP contribution in [0.5, 0.6) is 0 Å². The Balaban J connectivity index is 1.98. The lowest BCUT2D eigenvalue weighted by atomic mass is 10.1. The number of rotatable bonds is 3. The van der Waals surface area contributed by atoms with Gasteiger partial charge in [-0.05, 0) is 44.0 Å². The lowest BCUT2D eigenvalue weighted by molar-refractivity contribution is -0.137. The highest BCUT2D eigenvalue weighted by molar-refractivity contribution is 5.97. The molecule has 1 fully saturated rings. The lowest BCUT2D eigenvalue weighted by Gasteiger charge is -2.21. The molecule has 1 aliphatic heterocycles. The number of likely N-dealkylation sites (tertiary alicyclic amines) is 1. The average molecular weight is 314 g/mol. The van der Waals surface area contributed by atoms with E-state index in [0.29, 0.717) is 13.1 Å². The number of halogens is 3. The van der Waals surface area contributed by atoms with E-state index in [2.05, 4.69) is 5.32 Å². The van der Waals surface area contributed by atoms with Gasteiger partial charge in [-0.15, -0.1) is 0 Å². The lowest BCUT2D eigenvalue weighted by Crippen LogP contribution is -2.45. The SMILES string of the molecule is C[C@@H](NC(=O)c1ccc(C(F)(F)F)cc1)C(=O)N1CCCC1. The van der Waals surface area contributed by atoms with Crippen LogP contribution < -0.4 is 5.32 Å². The van der Waals surface area contributed by atoms with Crippen LogP contribution in [0, 0.1) is 0 Å². The van der Waals surface area contributed by atoms with E-state index in [9.17, 15) is 22.8 Å². The van der Waals surface area contributed by atoms with E-state index in [1.54, 1.807) is 11.8 Å². The molecule has 0 aromatic heterocycles. The molecule has 2 rings (SSSR count). The number of carbonyl (C=O) groups excluding carboxylic acids is 2. The molecule has 4 nitrogen and oxygen atoms in total. The van der Waals surface area contributed by atoms with Gasteiger partial charge >= 0.3 is 6.18 Å². The van der Waals surface area contributed by atoms with Crippen LogP contribution in [0.4, 0.5) is 13.2 Å². The highest BCUT2D eigenvalue weighted by Gasteiger charge is 2.30. The molecule has 120 valence electrons. The van der Waals surface area contributed by atoms with Gasteiger partial charge in [-0.3, -0.25) is 9.59 Å². The average Bonchev–Trinajstić information content (AvgIpc) is 2.99. The summed E-state index contributed by atoms with van der Waals surface area (Å²) in [5.74, 6) is -0.730. The maximum atomic E-state index is 12.5. The van der Waals surface area contributed by atoms with Crippen molar-refractivity contribution in [2.45, 2.75) is 32.0 Å². The Morgan fingerprint density at radius 3 is 2.18 bits per heavy atom. The summed E-state index contributed by atoms with van der Waals surface area (Å²) in [6.45, 7) is 2.93. The summed E-state index contributed by atoms with van der Waals surface area (Å²) in [4.78, 5) is 25.7. The van der Waals surface area contributed by atoms with Crippen molar-refractivity contribution >= 4 is 11.8 Å². The summed E-state index contributed by atoms with van der Waals surface area (Å²) in [7, 11) is 0. The summed E-state index contributed by atoms with van der Waals surface area (Å²) in [5, 5.41) is 2.52. The molecular formula is C15H17F3N2O2. The highest BCUT2D eigenvalue weighted by Crippen LogP contribution is 2.29. The predicted molar refractivity (Wildman–Crippen MR) is 74.2 cm³/mol. The van der Waals surface area contributed by atoms with Crippen molar-refractivity contribution in [2.75, 3.05) is 13.1 Å². The zero-order chi connectivity index (χ0) is 16.3. The van der Waals surface area contributed by atoms with Crippen LogP contribution in [0.2, 0.25) is 0 Å². The van der Waals surface area contributed by atoms with Gasteiger partial charge < -0.3 is 10.2 Å². The monoisotopic (exact) mass is 314 g/mol. The number of benzene rings is 1. The molecule has 0 spiro atoms. The van der Waals surface area contributed by atoms with Gasteiger partial charge in [0, 0.05) is 18.7 Å². The summed E-state index contributed by atoms with van der Waals surface area (Å²) < 4.78 is 37.4. The molecule has 1 saturated heterocycles. The summed E-state index contributed by atoms with van der Waals surface area (Å²) >= 11 is 0. The number of hydrogen-bond donors (Lipinski definition) is 1. The fourth-order valence-corrected chi connectivity index (χ4v) is 2.36. The maximum Gasteiger partial charge on any atom is 0.416 e. The molecule has 1 aromatic carbocycles. The molecule has 1 N–H and O–H groups in total. The van der Waals surface area contributed by atoms with Crippen LogP contribution >= 0.6 is 0 Å². The highest BCUT2D eigenvalue weighted by atomic mass is 19.4. The number of nitrogens with zero attached hydrogens (tertiary/aromatic N) is 1. The molecule has 0 bridgehead atoms. The quantitative estimate of drug-likeness (QED) is 0.931. The van der Waals surface area contributed by atoms with E-state index in [1.165, 1.54) is 0 Å². The number of hydrogen-bond acceptors (Lipinski definition) is 2. The first-order valence-electron chi connectivity index (χ1n) is 7.06. The van der Waals surface area contributed by atoms with Gasteiger partial charge in [-0.2, -0.15) is 13.2 Å². The normalized spacial score (nSPS) is 16.5. The number of amides is 2. The molecule has 0 saturated carbocycles. The third-order valence-electron chi connectivity index (χ3n) is 3.61. The number of alkyl halides is 3. The van der Waals surface area contributed by atoms with Gasteiger partial charge in [0.2, 0.25) is 5.91 Å². The van der Waals surface area contributed by atoms with Gasteiger partial charge in [0.15, 0.2) is 0 Å². The van der Waals surface area contributed by atoms with E-state index in [4.69, 9.17) is 0 Å². The predicted octanol–water partition coefficient (Wildman–Crippen LogP) is 2.45. The van der Waals surface area contributed by atoms with Crippen molar-refractivity contribution in [3.05, 3.63) is 35.4 Å². The van der Waals surface area contributed by atoms with E-state index in [0.717, 1.165) is 37.1 Å². The zero-order valence-electron chi connectivity index (χ0n) is 12.1. The van der Waals surface area contributed by atoms with Crippen LogP contribution in [0.25, 0.3) is 0 Å². The van der Waals surface area contributed by atoms with Crippen LogP contribution in [0.1, 0.15) is 35.7 Å². The van der Waals surface area contributed by atoms with Crippen LogP contribution in [0.3, 0.4) is 0 Å². The molecular weight excluding hydrogens is 297 g/mol. The first kappa shape index (κ1) is 16.3. The summed E-state index contributed by atoms with van der Waals surface area (Å²) in [5.41, 5.74) is -0.723. The van der Waals surface area contributed by atoms with Crippen molar-refractivity contribution in [1.29, 1.82) is 0 Å². The Kier molecular flexibility index (Phi) is 4.73. The third kappa shape index (κ3) is 3.78. The minimum atomic E-state index is -4.44. The largest absolute Gasteiger partial charge is 0.416 e. The molecule has 1 atom stereocenters. The molecule has 0 aliphatic carbocycles. The second kappa shape index (κ2) is 6.37. The van der Waals surface area contributed by atoms with Crippen molar-refractivity contribution in [3.63, 3.8) is 0 Å². The second-order valence-electron chi connectivity index (χ2n) is 5.30. The van der Waals surface area contributed by atoms with Gasteiger partial charge in [-0.1, -0.05) is 0 Å². The Morgan fingerprint density at radius 1 is 1.14 bits per heavy atom. The molecule has 1 heterocycles. The minimum Gasteiger partial charge on any atom is -0.341 e. The fraction of sp³-hybridized carbons (Fsp3) is 0.467. The maximum absolute atomic E-state index is 12.5. The first-order valence-corrected chi connectivity index (χ1v) is 7.06. The summed E-state index contributed by atoms with van der Waals surface area (Å²) in [6, 6.07) is 3.20. The Hall–Kier alpha value is -2.05. The zero-order valence-corrected chi connectivity index (χ0v) is 12.1. The van der Waals surface area contributed by atoms with E-state index in [-0.39, 0.29) is 11.5 Å². The van der Waals surface area contributed by atoms with Gasteiger partial charge in [0.1, 0.15) is 6.04 Å². The van der Waals surface area contributed by atoms with Crippen molar-refractivity contribution in [2.24, 2.45) is 0 Å². The van der Waals surface area contributed by atoms with Crippen molar-refractivity contribution in [1.82, 2.24) is 10.2 Å². The van der Waals surface area contributed by atoms with Crippen LogP contribution in [-0.4, -0.2) is 35.8 Å². The Labute approximate surface area is 126 Å². The standard InChI is InChI=1S/C15H17F3N2O2/c1-10(14(22)20-8-2-3-9-20)19-13(21)11-4-6-12(7-5-11)15(16,17)18/h4-7,10H,2-3,8-9H2,1H3,(H,19,21)/t10-/m1/s1. The van der Waals surface area contributed by atoms with Crippen LogP contribution in [0.15, 0.2) is 24.3 Å². The fourth-order valence-electron chi connectivity index (χ4n) is 2.36. The molecule has 1 aromatic rings. The van der Waals surface area contributed by atoms with E-state index >= 15 is 0 Å². The second-order valence-corrected chi connectivity index (χ2v) is 5.30. The number of nitrogens with one attached hydrogen (secondary N) is 1. The topological polar surface area (TPSA) is 49.4 Å². The Morgan fingerprint density at radius 2 is 1.68 bits per heavy atom. The molecule has 1 aliphatic rings. The van der Waals surface area contributed by atoms with Gasteiger partial charge in [0.25, 0.3) is 5.91 Å². The molecule has 0 radical (unpaired) electrons. The third-order valence-corrected chi connectivity index (χ3v) is 3.61. The first-order chi connectivity index (χ1) is 10.3. The van der Waals surface area contributed by atoms with E-state index < -0.39 is 23.7 Å². The molecule has 2 amide bonds. The van der Waals surface area contributed by atoms with Gasteiger partial charge in [-0.25, -0.2) is 0 Å². The smallest absolute Gasteiger partial charge is 0.341 e.